The summed E-state index contributed by atoms with van der Waals surface area (Å²) in [5, 5.41) is 6.54. The number of rotatable bonds is 11. The van der Waals surface area contributed by atoms with Crippen LogP contribution in [0.25, 0.3) is 0 Å². The van der Waals surface area contributed by atoms with Crippen molar-refractivity contribution in [2.75, 3.05) is 66.8 Å². The van der Waals surface area contributed by atoms with Crippen LogP contribution in [0.1, 0.15) is 22.3 Å². The molecular weight excluding hydrogens is 510 g/mol. The molecule has 1 aliphatic heterocycles. The van der Waals surface area contributed by atoms with Gasteiger partial charge < -0.3 is 30.1 Å². The van der Waals surface area contributed by atoms with E-state index >= 15 is 0 Å². The maximum atomic E-state index is 12.9. The summed E-state index contributed by atoms with van der Waals surface area (Å²) in [7, 11) is 1.70. The summed E-state index contributed by atoms with van der Waals surface area (Å²) in [6.07, 6.45) is 1.83. The van der Waals surface area contributed by atoms with Crippen molar-refractivity contribution in [1.82, 2.24) is 4.90 Å². The van der Waals surface area contributed by atoms with Gasteiger partial charge in [-0.25, -0.2) is 0 Å². The van der Waals surface area contributed by atoms with E-state index in [2.05, 4.69) is 97.7 Å². The molecule has 216 valence electrons. The molecule has 0 radical (unpaired) electrons. The molecule has 3 aromatic rings. The molecule has 0 unspecified atom stereocenters. The number of carbonyl (C=O) groups is 1. The predicted octanol–water partition coefficient (Wildman–Crippen LogP) is 6.27. The smallest absolute Gasteiger partial charge is 0.243 e. The molecule has 7 nitrogen and oxygen atoms in total. The zero-order valence-electron chi connectivity index (χ0n) is 25.1. The van der Waals surface area contributed by atoms with Crippen LogP contribution in [0, 0.1) is 27.7 Å². The number of ether oxygens (including phenoxy) is 1. The lowest BCUT2D eigenvalue weighted by atomic mass is 10.1. The first-order chi connectivity index (χ1) is 19.7. The summed E-state index contributed by atoms with van der Waals surface area (Å²) < 4.78 is 5.60. The van der Waals surface area contributed by atoms with Crippen LogP contribution in [0.3, 0.4) is 0 Å². The minimum absolute atomic E-state index is 0.0559. The summed E-state index contributed by atoms with van der Waals surface area (Å²) >= 11 is 0. The number of aryl methyl sites for hydroxylation is 4. The van der Waals surface area contributed by atoms with Crippen molar-refractivity contribution < 1.29 is 9.53 Å². The van der Waals surface area contributed by atoms with E-state index in [0.717, 1.165) is 71.6 Å². The van der Waals surface area contributed by atoms with Crippen LogP contribution in [-0.2, 0) is 4.79 Å². The highest BCUT2D eigenvalue weighted by atomic mass is 16.5. The zero-order chi connectivity index (χ0) is 29.5. The molecule has 0 aromatic heterocycles. The summed E-state index contributed by atoms with van der Waals surface area (Å²) in [6, 6.07) is 18.6. The average Bonchev–Trinajstić information content (AvgIpc) is 2.94. The number of anilines is 4. The van der Waals surface area contributed by atoms with E-state index in [1.54, 1.807) is 7.11 Å². The van der Waals surface area contributed by atoms with Crippen LogP contribution < -0.4 is 25.2 Å². The van der Waals surface area contributed by atoms with E-state index in [1.165, 1.54) is 11.1 Å². The fourth-order valence-electron chi connectivity index (χ4n) is 5.40. The number of nitrogens with zero attached hydrogens (tertiary/aromatic N) is 3. The number of methoxy groups -OCH3 is 1. The van der Waals surface area contributed by atoms with Crippen LogP contribution in [0.15, 0.2) is 79.7 Å². The third-order valence-corrected chi connectivity index (χ3v) is 7.49. The van der Waals surface area contributed by atoms with E-state index in [9.17, 15) is 4.79 Å². The number of nitrogens with one attached hydrogen (secondary N) is 2. The van der Waals surface area contributed by atoms with Gasteiger partial charge in [0.1, 0.15) is 5.75 Å². The topological polar surface area (TPSA) is 60.1 Å². The molecule has 1 amide bonds. The van der Waals surface area contributed by atoms with Crippen molar-refractivity contribution in [3.8, 4) is 5.75 Å². The molecule has 3 aromatic carbocycles. The lowest BCUT2D eigenvalue weighted by Gasteiger charge is -2.38. The van der Waals surface area contributed by atoms with E-state index in [0.29, 0.717) is 6.54 Å². The molecule has 0 saturated carbocycles. The highest BCUT2D eigenvalue weighted by Crippen LogP contribution is 2.31. The molecule has 1 aliphatic rings. The Balaban J connectivity index is 1.30. The molecule has 0 spiro atoms. The first-order valence-electron chi connectivity index (χ1n) is 14.1. The molecule has 0 aliphatic carbocycles. The number of hydrogen-bond acceptors (Lipinski definition) is 6. The summed E-state index contributed by atoms with van der Waals surface area (Å²) in [5.41, 5.74) is 8.59. The third-order valence-electron chi connectivity index (χ3n) is 7.49. The van der Waals surface area contributed by atoms with Crippen LogP contribution in [0.5, 0.6) is 5.75 Å². The molecular formula is C34H43N5O2. The normalized spacial score (nSPS) is 13.0. The van der Waals surface area contributed by atoms with Crippen molar-refractivity contribution >= 4 is 28.7 Å². The van der Waals surface area contributed by atoms with E-state index in [1.807, 2.05) is 29.2 Å². The molecule has 2 N–H and O–H groups in total. The average molecular weight is 554 g/mol. The van der Waals surface area contributed by atoms with Crippen molar-refractivity contribution in [3.05, 3.63) is 102 Å². The molecule has 0 atom stereocenters. The monoisotopic (exact) mass is 553 g/mol. The molecule has 1 saturated heterocycles. The van der Waals surface area contributed by atoms with Crippen LogP contribution in [-0.4, -0.2) is 57.2 Å². The van der Waals surface area contributed by atoms with Gasteiger partial charge >= 0.3 is 0 Å². The lowest BCUT2D eigenvalue weighted by molar-refractivity contribution is -0.115. The summed E-state index contributed by atoms with van der Waals surface area (Å²) in [6.45, 7) is 20.8. The highest BCUT2D eigenvalue weighted by molar-refractivity contribution is 5.94. The maximum absolute atomic E-state index is 12.9. The molecule has 4 rings (SSSR count). The van der Waals surface area contributed by atoms with Gasteiger partial charge in [0.05, 0.1) is 25.2 Å². The Labute approximate surface area is 245 Å². The van der Waals surface area contributed by atoms with E-state index in [4.69, 9.17) is 4.74 Å². The number of hydrogen-bond donors (Lipinski definition) is 2. The lowest BCUT2D eigenvalue weighted by Crippen LogP contribution is -2.46. The fraction of sp³-hybridized carbons (Fsp3) is 0.324. The van der Waals surface area contributed by atoms with Gasteiger partial charge in [-0.3, -0.25) is 4.79 Å². The largest absolute Gasteiger partial charge is 0.495 e. The minimum Gasteiger partial charge on any atom is -0.495 e. The number of amides is 1. The second-order valence-corrected chi connectivity index (χ2v) is 10.8. The van der Waals surface area contributed by atoms with Gasteiger partial charge in [-0.2, -0.15) is 0 Å². The zero-order valence-corrected chi connectivity index (χ0v) is 25.1. The second kappa shape index (κ2) is 13.3. The van der Waals surface area contributed by atoms with E-state index in [-0.39, 0.29) is 12.5 Å². The van der Waals surface area contributed by atoms with Crippen molar-refractivity contribution in [1.29, 1.82) is 0 Å². The third kappa shape index (κ3) is 7.42. The summed E-state index contributed by atoms with van der Waals surface area (Å²) in [4.78, 5) is 19.6. The van der Waals surface area contributed by atoms with Gasteiger partial charge in [-0.05, 0) is 80.8 Å². The predicted molar refractivity (Wildman–Crippen MR) is 172 cm³/mol. The van der Waals surface area contributed by atoms with Crippen LogP contribution >= 0.6 is 0 Å². The summed E-state index contributed by atoms with van der Waals surface area (Å²) in [5.74, 6) is 1.65. The van der Waals surface area contributed by atoms with Gasteiger partial charge in [0.15, 0.2) is 0 Å². The molecule has 41 heavy (non-hydrogen) atoms. The minimum atomic E-state index is -0.0559. The van der Waals surface area contributed by atoms with Crippen LogP contribution in [0.2, 0.25) is 0 Å². The Morgan fingerprint density at radius 3 is 2.24 bits per heavy atom. The first-order valence-corrected chi connectivity index (χ1v) is 14.1. The molecule has 1 fully saturated rings. The van der Waals surface area contributed by atoms with Crippen molar-refractivity contribution in [2.24, 2.45) is 0 Å². The quantitative estimate of drug-likeness (QED) is 0.273. The van der Waals surface area contributed by atoms with E-state index < -0.39 is 0 Å². The second-order valence-electron chi connectivity index (χ2n) is 10.8. The first kappa shape index (κ1) is 29.6. The van der Waals surface area contributed by atoms with Crippen molar-refractivity contribution in [2.45, 2.75) is 27.7 Å². The van der Waals surface area contributed by atoms with Gasteiger partial charge in [0, 0.05) is 49.8 Å². The number of benzene rings is 3. The highest BCUT2D eigenvalue weighted by Gasteiger charge is 2.20. The molecule has 0 bridgehead atoms. The molecule has 7 heteroatoms. The fourth-order valence-corrected chi connectivity index (χ4v) is 5.40. The van der Waals surface area contributed by atoms with Gasteiger partial charge in [-0.15, -0.1) is 6.58 Å². The Morgan fingerprint density at radius 1 is 0.927 bits per heavy atom. The van der Waals surface area contributed by atoms with Crippen LogP contribution in [0.4, 0.5) is 22.7 Å². The molecule has 1 heterocycles. The number of piperazine rings is 1. The Bertz CT molecular complexity index is 1390. The standard InChI is InChI=1S/C34H43N5O2/c1-8-15-39(31-14-9-24(2)20-26(31)4)23-33(40)36-29-10-12-30(13-11-29)38-18-16-37(17-19-38)28(6)35-34-27(5)21-25(3)22-32(34)41-7/h8-14,20-22,35H,1,6,15-19,23H2,2-5,7H3,(H,36,40). The van der Waals surface area contributed by atoms with Crippen molar-refractivity contribution in [3.63, 3.8) is 0 Å². The Morgan fingerprint density at radius 2 is 1.61 bits per heavy atom. The Hall–Kier alpha value is -4.39. The Kier molecular flexibility index (Phi) is 9.61. The SMILES string of the molecule is C=CCN(CC(=O)Nc1ccc(N2CCN(C(=C)Nc3c(C)cc(C)cc3OC)CC2)cc1)c1ccc(C)cc1C. The number of carbonyl (C=O) groups excluding carboxylic acids is 1. The van der Waals surface area contributed by atoms with Gasteiger partial charge in [0.2, 0.25) is 5.91 Å². The van der Waals surface area contributed by atoms with Gasteiger partial charge in [0.25, 0.3) is 0 Å². The maximum Gasteiger partial charge on any atom is 0.243 e. The van der Waals surface area contributed by atoms with Gasteiger partial charge in [-0.1, -0.05) is 36.4 Å².